The summed E-state index contributed by atoms with van der Waals surface area (Å²) < 4.78 is 0. The zero-order valence-electron chi connectivity index (χ0n) is 17.9. The number of fused-ring (bicyclic) bond motifs is 2. The fourth-order valence-corrected chi connectivity index (χ4v) is 5.47. The standard InChI is InChI=1S/C23H24N4O4S/c1-23(2)9-15-19(16(28)10-23)32-22(25-15)26-17(29)11-24-20(30)18-13-5-3-4-6-14(13)21(31)27(18)12-7-8-12/h3-6,12,18H,7-11H2,1-2H3,(H,24,30)(H,25,26,29). The summed E-state index contributed by atoms with van der Waals surface area (Å²) in [6.07, 6.45) is 2.91. The average molecular weight is 453 g/mol. The molecular formula is C23H24N4O4S. The number of carbonyl (C=O) groups is 4. The van der Waals surface area contributed by atoms with Crippen LogP contribution in [0.25, 0.3) is 0 Å². The van der Waals surface area contributed by atoms with Crippen molar-refractivity contribution in [3.05, 3.63) is 46.0 Å². The molecular weight excluding hydrogens is 428 g/mol. The van der Waals surface area contributed by atoms with Crippen molar-refractivity contribution >= 4 is 40.0 Å². The fourth-order valence-electron chi connectivity index (χ4n) is 4.53. The summed E-state index contributed by atoms with van der Waals surface area (Å²) in [7, 11) is 0. The second kappa shape index (κ2) is 7.51. The van der Waals surface area contributed by atoms with E-state index >= 15 is 0 Å². The van der Waals surface area contributed by atoms with Crippen molar-refractivity contribution in [2.24, 2.45) is 5.41 Å². The van der Waals surface area contributed by atoms with E-state index in [0.29, 0.717) is 34.0 Å². The number of carbonyl (C=O) groups excluding carboxylic acids is 4. The number of thiazole rings is 1. The largest absolute Gasteiger partial charge is 0.345 e. The number of Topliss-reactive ketones (excluding diaryl/α,β-unsaturated/α-hetero) is 1. The van der Waals surface area contributed by atoms with Crippen LogP contribution in [0.15, 0.2) is 24.3 Å². The predicted molar refractivity (Wildman–Crippen MR) is 119 cm³/mol. The minimum Gasteiger partial charge on any atom is -0.345 e. The molecule has 8 nitrogen and oxygen atoms in total. The van der Waals surface area contributed by atoms with Gasteiger partial charge in [0.05, 0.1) is 17.1 Å². The smallest absolute Gasteiger partial charge is 0.255 e. The summed E-state index contributed by atoms with van der Waals surface area (Å²) in [4.78, 5) is 57.2. The molecule has 2 N–H and O–H groups in total. The lowest BCUT2D eigenvalue weighted by Gasteiger charge is -2.26. The zero-order valence-corrected chi connectivity index (χ0v) is 18.8. The normalized spacial score (nSPS) is 21.2. The number of anilines is 1. The summed E-state index contributed by atoms with van der Waals surface area (Å²) in [5, 5.41) is 5.72. The Morgan fingerprint density at radius 2 is 1.94 bits per heavy atom. The zero-order chi connectivity index (χ0) is 22.6. The molecule has 1 fully saturated rings. The van der Waals surface area contributed by atoms with E-state index in [1.165, 1.54) is 11.3 Å². The van der Waals surface area contributed by atoms with E-state index in [1.807, 2.05) is 19.9 Å². The molecule has 2 aromatic rings. The van der Waals surface area contributed by atoms with Crippen LogP contribution in [0.2, 0.25) is 0 Å². The Bertz CT molecular complexity index is 1150. The van der Waals surface area contributed by atoms with Gasteiger partial charge in [-0.1, -0.05) is 43.4 Å². The van der Waals surface area contributed by atoms with Gasteiger partial charge in [0.2, 0.25) is 11.8 Å². The molecule has 2 heterocycles. The molecule has 9 heteroatoms. The Balaban J connectivity index is 1.25. The Kier molecular flexibility index (Phi) is 4.88. The van der Waals surface area contributed by atoms with Gasteiger partial charge in [-0.05, 0) is 36.3 Å². The van der Waals surface area contributed by atoms with Crippen molar-refractivity contribution in [2.45, 2.75) is 51.6 Å². The third kappa shape index (κ3) is 3.70. The van der Waals surface area contributed by atoms with Crippen LogP contribution in [0.4, 0.5) is 5.13 Å². The highest BCUT2D eigenvalue weighted by Gasteiger charge is 2.47. The molecule has 0 saturated heterocycles. The highest BCUT2D eigenvalue weighted by Crippen LogP contribution is 2.42. The number of rotatable bonds is 5. The Hall–Kier alpha value is -3.07. The summed E-state index contributed by atoms with van der Waals surface area (Å²) >= 11 is 1.18. The highest BCUT2D eigenvalue weighted by atomic mass is 32.1. The third-order valence-corrected chi connectivity index (χ3v) is 7.15. The van der Waals surface area contributed by atoms with Gasteiger partial charge < -0.3 is 15.5 Å². The van der Waals surface area contributed by atoms with Crippen LogP contribution < -0.4 is 10.6 Å². The van der Waals surface area contributed by atoms with Gasteiger partial charge in [0.1, 0.15) is 6.04 Å². The van der Waals surface area contributed by atoms with Gasteiger partial charge in [-0.25, -0.2) is 4.98 Å². The van der Waals surface area contributed by atoms with Crippen molar-refractivity contribution in [3.63, 3.8) is 0 Å². The number of nitrogens with zero attached hydrogens (tertiary/aromatic N) is 2. The van der Waals surface area contributed by atoms with Crippen molar-refractivity contribution in [1.29, 1.82) is 0 Å². The van der Waals surface area contributed by atoms with E-state index in [-0.39, 0.29) is 35.6 Å². The van der Waals surface area contributed by atoms with Gasteiger partial charge in [0.25, 0.3) is 5.91 Å². The van der Waals surface area contributed by atoms with Crippen LogP contribution in [0.3, 0.4) is 0 Å². The Morgan fingerprint density at radius 3 is 2.69 bits per heavy atom. The molecule has 166 valence electrons. The van der Waals surface area contributed by atoms with E-state index in [0.717, 1.165) is 18.5 Å². The summed E-state index contributed by atoms with van der Waals surface area (Å²) in [6, 6.07) is 6.48. The lowest BCUT2D eigenvalue weighted by Crippen LogP contribution is -2.42. The van der Waals surface area contributed by atoms with Crippen LogP contribution in [-0.2, 0) is 16.0 Å². The van der Waals surface area contributed by atoms with E-state index in [2.05, 4.69) is 15.6 Å². The van der Waals surface area contributed by atoms with Crippen LogP contribution in [-0.4, -0.2) is 46.0 Å². The molecule has 2 aliphatic carbocycles. The maximum Gasteiger partial charge on any atom is 0.255 e. The van der Waals surface area contributed by atoms with Gasteiger partial charge in [-0.15, -0.1) is 0 Å². The van der Waals surface area contributed by atoms with Crippen LogP contribution in [0, 0.1) is 5.41 Å². The Labute approximate surface area is 189 Å². The first-order chi connectivity index (χ1) is 15.2. The monoisotopic (exact) mass is 452 g/mol. The predicted octanol–water partition coefficient (Wildman–Crippen LogP) is 2.71. The number of benzene rings is 1. The lowest BCUT2D eigenvalue weighted by atomic mass is 9.78. The SMILES string of the molecule is CC1(C)CC(=O)c2sc(NC(=O)CNC(=O)C3c4ccccc4C(=O)N3C3CC3)nc2C1. The summed E-state index contributed by atoms with van der Waals surface area (Å²) in [5.41, 5.74) is 1.80. The molecule has 1 aromatic carbocycles. The first kappa shape index (κ1) is 20.8. The maximum atomic E-state index is 13.0. The fraction of sp³-hybridized carbons (Fsp3) is 0.435. The molecule has 5 rings (SSSR count). The van der Waals surface area contributed by atoms with E-state index < -0.39 is 11.9 Å². The lowest BCUT2D eigenvalue weighted by molar-refractivity contribution is -0.127. The van der Waals surface area contributed by atoms with Gasteiger partial charge in [-0.3, -0.25) is 19.2 Å². The topological polar surface area (TPSA) is 108 Å². The third-order valence-electron chi connectivity index (χ3n) is 6.09. The van der Waals surface area contributed by atoms with Crippen molar-refractivity contribution in [3.8, 4) is 0 Å². The number of ketones is 1. The number of aromatic nitrogens is 1. The molecule has 32 heavy (non-hydrogen) atoms. The molecule has 1 aromatic heterocycles. The summed E-state index contributed by atoms with van der Waals surface area (Å²) in [5.74, 6) is -0.881. The molecule has 1 aliphatic heterocycles. The van der Waals surface area contributed by atoms with Gasteiger partial charge in [0, 0.05) is 18.0 Å². The minimum atomic E-state index is -0.717. The molecule has 1 saturated carbocycles. The number of nitrogens with one attached hydrogen (secondary N) is 2. The van der Waals surface area contributed by atoms with Gasteiger partial charge in [-0.2, -0.15) is 0 Å². The van der Waals surface area contributed by atoms with Crippen LogP contribution in [0.5, 0.6) is 0 Å². The first-order valence-electron chi connectivity index (χ1n) is 10.8. The number of amides is 3. The molecule has 3 aliphatic rings. The molecule has 1 unspecified atom stereocenters. The summed E-state index contributed by atoms with van der Waals surface area (Å²) in [6.45, 7) is 3.81. The minimum absolute atomic E-state index is 0.0484. The van der Waals surface area contributed by atoms with Crippen molar-refractivity contribution in [2.75, 3.05) is 11.9 Å². The van der Waals surface area contributed by atoms with Crippen LogP contribution >= 0.6 is 11.3 Å². The molecule has 3 amide bonds. The van der Waals surface area contributed by atoms with E-state index in [1.54, 1.807) is 23.1 Å². The quantitative estimate of drug-likeness (QED) is 0.725. The van der Waals surface area contributed by atoms with Crippen molar-refractivity contribution in [1.82, 2.24) is 15.2 Å². The van der Waals surface area contributed by atoms with Gasteiger partial charge in [0.15, 0.2) is 10.9 Å². The molecule has 0 spiro atoms. The molecule has 1 atom stereocenters. The van der Waals surface area contributed by atoms with Gasteiger partial charge >= 0.3 is 0 Å². The molecule has 0 bridgehead atoms. The highest BCUT2D eigenvalue weighted by molar-refractivity contribution is 7.17. The maximum absolute atomic E-state index is 13.0. The number of hydrogen-bond donors (Lipinski definition) is 2. The number of hydrogen-bond acceptors (Lipinski definition) is 6. The second-order valence-corrected chi connectivity index (χ2v) is 10.4. The van der Waals surface area contributed by atoms with Crippen molar-refractivity contribution < 1.29 is 19.2 Å². The second-order valence-electron chi connectivity index (χ2n) is 9.44. The van der Waals surface area contributed by atoms with E-state index in [4.69, 9.17) is 0 Å². The van der Waals surface area contributed by atoms with Crippen LogP contribution in [0.1, 0.15) is 70.4 Å². The first-order valence-corrected chi connectivity index (χ1v) is 11.6. The average Bonchev–Trinajstić information content (AvgIpc) is 3.42. The Morgan fingerprint density at radius 1 is 1.19 bits per heavy atom. The molecule has 0 radical (unpaired) electrons. The van der Waals surface area contributed by atoms with E-state index in [9.17, 15) is 19.2 Å².